The number of carbonyl (C=O) groups is 1. The fourth-order valence-corrected chi connectivity index (χ4v) is 2.13. The fourth-order valence-electron chi connectivity index (χ4n) is 2.13. The molecule has 0 spiro atoms. The van der Waals surface area contributed by atoms with Gasteiger partial charge in [0.15, 0.2) is 0 Å². The van der Waals surface area contributed by atoms with Gasteiger partial charge in [-0.05, 0) is 43.4 Å². The van der Waals surface area contributed by atoms with E-state index in [4.69, 9.17) is 4.74 Å². The molecule has 0 amide bonds. The first kappa shape index (κ1) is 14.6. The highest BCUT2D eigenvalue weighted by Gasteiger charge is 2.29. The second kappa shape index (κ2) is 5.42. The van der Waals surface area contributed by atoms with E-state index in [0.717, 1.165) is 16.9 Å². The van der Waals surface area contributed by atoms with Gasteiger partial charge in [-0.25, -0.2) is 0 Å². The molecule has 0 aliphatic heterocycles. The lowest BCUT2D eigenvalue weighted by Crippen LogP contribution is -2.26. The third-order valence-corrected chi connectivity index (χ3v) is 3.17. The van der Waals surface area contributed by atoms with E-state index in [9.17, 15) is 9.90 Å². The van der Waals surface area contributed by atoms with Crippen molar-refractivity contribution in [3.05, 3.63) is 29.3 Å². The molecule has 0 unspecified atom stereocenters. The molecule has 0 aliphatic carbocycles. The largest absolute Gasteiger partial charge is 0.496 e. The van der Waals surface area contributed by atoms with Gasteiger partial charge in [0.2, 0.25) is 0 Å². The maximum atomic E-state index is 11.2. The highest BCUT2D eigenvalue weighted by Crippen LogP contribution is 2.33. The summed E-state index contributed by atoms with van der Waals surface area (Å²) >= 11 is 0. The minimum Gasteiger partial charge on any atom is -0.496 e. The van der Waals surface area contributed by atoms with Crippen LogP contribution in [0.3, 0.4) is 0 Å². The van der Waals surface area contributed by atoms with Crippen molar-refractivity contribution >= 4 is 5.97 Å². The summed E-state index contributed by atoms with van der Waals surface area (Å²) in [5.41, 5.74) is 1.39. The van der Waals surface area contributed by atoms with Gasteiger partial charge in [0, 0.05) is 0 Å². The van der Waals surface area contributed by atoms with Crippen LogP contribution >= 0.6 is 0 Å². The Kier molecular flexibility index (Phi) is 4.38. The van der Waals surface area contributed by atoms with Crippen molar-refractivity contribution in [3.63, 3.8) is 0 Å². The molecule has 0 saturated heterocycles. The first-order valence-electron chi connectivity index (χ1n) is 6.18. The molecule has 0 aliphatic rings. The van der Waals surface area contributed by atoms with Crippen LogP contribution < -0.4 is 4.74 Å². The molecule has 0 bridgehead atoms. The molecule has 0 saturated carbocycles. The summed E-state index contributed by atoms with van der Waals surface area (Å²) in [5, 5.41) is 9.23. The third kappa shape index (κ3) is 3.03. The smallest absolute Gasteiger partial charge is 0.309 e. The molecule has 1 N–H and O–H groups in total. The first-order valence-corrected chi connectivity index (χ1v) is 6.18. The van der Waals surface area contributed by atoms with E-state index < -0.39 is 11.4 Å². The summed E-state index contributed by atoms with van der Waals surface area (Å²) in [7, 11) is 1.65. The number of carboxylic acid groups (broad SMARTS) is 1. The minimum absolute atomic E-state index is 0.306. The molecular weight excluding hydrogens is 228 g/mol. The zero-order chi connectivity index (χ0) is 13.9. The Balaban J connectivity index is 3.21. The van der Waals surface area contributed by atoms with Gasteiger partial charge in [-0.3, -0.25) is 4.79 Å². The molecule has 3 heteroatoms. The second-order valence-corrected chi connectivity index (χ2v) is 5.55. The van der Waals surface area contributed by atoms with E-state index in [0.29, 0.717) is 12.3 Å². The predicted octanol–water partition coefficient (Wildman–Crippen LogP) is 3.47. The molecule has 1 aromatic rings. The number of hydrogen-bond acceptors (Lipinski definition) is 2. The Morgan fingerprint density at radius 3 is 2.44 bits per heavy atom. The lowest BCUT2D eigenvalue weighted by Gasteiger charge is -2.23. The molecule has 0 aromatic heterocycles. The molecule has 18 heavy (non-hydrogen) atoms. The van der Waals surface area contributed by atoms with Crippen molar-refractivity contribution in [1.82, 2.24) is 0 Å². The average Bonchev–Trinajstić information content (AvgIpc) is 2.27. The van der Waals surface area contributed by atoms with Crippen LogP contribution in [0.2, 0.25) is 0 Å². The molecular formula is C15H22O3. The zero-order valence-corrected chi connectivity index (χ0v) is 11.8. The van der Waals surface area contributed by atoms with Crippen molar-refractivity contribution < 1.29 is 14.6 Å². The van der Waals surface area contributed by atoms with Crippen LogP contribution in [0, 0.1) is 5.41 Å². The molecule has 0 radical (unpaired) electrons. The first-order chi connectivity index (χ1) is 8.29. The highest BCUT2D eigenvalue weighted by atomic mass is 16.5. The van der Waals surface area contributed by atoms with E-state index in [-0.39, 0.29) is 0 Å². The van der Waals surface area contributed by atoms with Crippen LogP contribution in [0.4, 0.5) is 0 Å². The number of hydrogen-bond donors (Lipinski definition) is 1. The zero-order valence-electron chi connectivity index (χ0n) is 11.8. The Labute approximate surface area is 109 Å². The maximum absolute atomic E-state index is 11.2. The lowest BCUT2D eigenvalue weighted by molar-refractivity contribution is -0.146. The second-order valence-electron chi connectivity index (χ2n) is 5.55. The quantitative estimate of drug-likeness (QED) is 0.870. The van der Waals surface area contributed by atoms with E-state index in [2.05, 4.69) is 13.8 Å². The lowest BCUT2D eigenvalue weighted by atomic mass is 9.82. The topological polar surface area (TPSA) is 46.5 Å². The van der Waals surface area contributed by atoms with Crippen LogP contribution in [-0.2, 0) is 11.2 Å². The van der Waals surface area contributed by atoms with Crippen molar-refractivity contribution in [1.29, 1.82) is 0 Å². The third-order valence-electron chi connectivity index (χ3n) is 3.17. The van der Waals surface area contributed by atoms with E-state index >= 15 is 0 Å². The average molecular weight is 250 g/mol. The van der Waals surface area contributed by atoms with Gasteiger partial charge in [-0.15, -0.1) is 0 Å². The summed E-state index contributed by atoms with van der Waals surface area (Å²) in [4.78, 5) is 11.2. The van der Waals surface area contributed by atoms with Gasteiger partial charge in [-0.1, -0.05) is 26.0 Å². The number of ether oxygens (including phenoxy) is 1. The van der Waals surface area contributed by atoms with Crippen LogP contribution in [0.5, 0.6) is 5.75 Å². The van der Waals surface area contributed by atoms with Gasteiger partial charge in [0.1, 0.15) is 5.75 Å². The number of carboxylic acids is 1. The molecule has 0 fully saturated rings. The normalized spacial score (nSPS) is 11.7. The van der Waals surface area contributed by atoms with E-state index in [1.54, 1.807) is 21.0 Å². The van der Waals surface area contributed by atoms with Crippen molar-refractivity contribution in [2.75, 3.05) is 7.11 Å². The van der Waals surface area contributed by atoms with Crippen LogP contribution in [0.1, 0.15) is 44.7 Å². The number of methoxy groups -OCH3 is 1. The Morgan fingerprint density at radius 2 is 2.00 bits per heavy atom. The van der Waals surface area contributed by atoms with Gasteiger partial charge in [0.25, 0.3) is 0 Å². The highest BCUT2D eigenvalue weighted by molar-refractivity contribution is 5.74. The molecule has 1 aromatic carbocycles. The summed E-state index contributed by atoms with van der Waals surface area (Å²) in [6.07, 6.45) is 0.507. The monoisotopic (exact) mass is 250 g/mol. The number of aliphatic carboxylic acids is 1. The summed E-state index contributed by atoms with van der Waals surface area (Å²) in [6, 6.07) is 5.83. The molecule has 100 valence electrons. The summed E-state index contributed by atoms with van der Waals surface area (Å²) < 4.78 is 5.37. The van der Waals surface area contributed by atoms with Gasteiger partial charge in [-0.2, -0.15) is 0 Å². The predicted molar refractivity (Wildman–Crippen MR) is 72.2 cm³/mol. The van der Waals surface area contributed by atoms with Crippen LogP contribution in [0.15, 0.2) is 18.2 Å². The molecule has 0 atom stereocenters. The maximum Gasteiger partial charge on any atom is 0.309 e. The fraction of sp³-hybridized carbons (Fsp3) is 0.533. The van der Waals surface area contributed by atoms with Crippen molar-refractivity contribution in [3.8, 4) is 5.75 Å². The van der Waals surface area contributed by atoms with Crippen LogP contribution in [0.25, 0.3) is 0 Å². The van der Waals surface area contributed by atoms with Crippen molar-refractivity contribution in [2.24, 2.45) is 5.41 Å². The molecule has 3 nitrogen and oxygen atoms in total. The standard InChI is InChI=1S/C15H22O3/c1-10(2)13-11(7-6-8-12(13)18-5)9-15(3,4)14(16)17/h6-8,10H,9H2,1-5H3,(H,16,17). The van der Waals surface area contributed by atoms with Gasteiger partial charge < -0.3 is 9.84 Å². The summed E-state index contributed by atoms with van der Waals surface area (Å²) in [5.74, 6) is 0.365. The number of rotatable bonds is 5. The van der Waals surface area contributed by atoms with Gasteiger partial charge >= 0.3 is 5.97 Å². The summed E-state index contributed by atoms with van der Waals surface area (Å²) in [6.45, 7) is 7.68. The Morgan fingerprint density at radius 1 is 1.39 bits per heavy atom. The van der Waals surface area contributed by atoms with E-state index in [1.807, 2.05) is 18.2 Å². The van der Waals surface area contributed by atoms with Crippen LogP contribution in [-0.4, -0.2) is 18.2 Å². The Bertz CT molecular complexity index is 433. The Hall–Kier alpha value is -1.51. The van der Waals surface area contributed by atoms with E-state index in [1.165, 1.54) is 0 Å². The van der Waals surface area contributed by atoms with Crippen molar-refractivity contribution in [2.45, 2.75) is 40.0 Å². The molecule has 1 rings (SSSR count). The SMILES string of the molecule is COc1cccc(CC(C)(C)C(=O)O)c1C(C)C. The number of benzene rings is 1. The minimum atomic E-state index is -0.778. The molecule has 0 heterocycles. The van der Waals surface area contributed by atoms with Gasteiger partial charge in [0.05, 0.1) is 12.5 Å².